The Morgan fingerprint density at radius 1 is 1.00 bits per heavy atom. The third-order valence-corrected chi connectivity index (χ3v) is 6.86. The Morgan fingerprint density at radius 2 is 1.73 bits per heavy atom. The number of esters is 1. The molecule has 9 heteroatoms. The molecule has 0 fully saturated rings. The number of aryl methyl sites for hydroxylation is 1. The molecule has 1 heterocycles. The maximum Gasteiger partial charge on any atom is 0.340 e. The first-order valence-corrected chi connectivity index (χ1v) is 11.4. The van der Waals surface area contributed by atoms with Gasteiger partial charge in [0.05, 0.1) is 11.3 Å². The maximum atomic E-state index is 12.4. The first-order chi connectivity index (χ1) is 14.3. The van der Waals surface area contributed by atoms with Crippen molar-refractivity contribution in [2.24, 2.45) is 0 Å². The van der Waals surface area contributed by atoms with Crippen LogP contribution in [-0.4, -0.2) is 26.9 Å². The van der Waals surface area contributed by atoms with Crippen LogP contribution in [0, 0.1) is 6.92 Å². The van der Waals surface area contributed by atoms with Gasteiger partial charge in [-0.25, -0.2) is 13.2 Å². The fourth-order valence-electron chi connectivity index (χ4n) is 2.53. The molecule has 0 aliphatic rings. The van der Waals surface area contributed by atoms with Gasteiger partial charge in [0.1, 0.15) is 4.21 Å². The molecule has 0 saturated carbocycles. The van der Waals surface area contributed by atoms with Gasteiger partial charge in [-0.3, -0.25) is 9.52 Å². The van der Waals surface area contributed by atoms with Crippen LogP contribution in [0.25, 0.3) is 0 Å². The van der Waals surface area contributed by atoms with Crippen molar-refractivity contribution < 1.29 is 22.7 Å². The molecule has 1 aromatic heterocycles. The van der Waals surface area contributed by atoms with E-state index >= 15 is 0 Å². The Hall–Kier alpha value is -3.17. The molecule has 0 saturated heterocycles. The van der Waals surface area contributed by atoms with E-state index in [1.807, 2.05) is 31.2 Å². The molecule has 0 aliphatic carbocycles. The van der Waals surface area contributed by atoms with Gasteiger partial charge in [-0.2, -0.15) is 0 Å². The van der Waals surface area contributed by atoms with Crippen molar-refractivity contribution in [1.82, 2.24) is 5.32 Å². The molecule has 3 aromatic rings. The number of nitrogens with one attached hydrogen (secondary N) is 2. The number of sulfonamides is 1. The fourth-order valence-corrected chi connectivity index (χ4v) is 4.60. The number of para-hydroxylation sites is 1. The first-order valence-electron chi connectivity index (χ1n) is 9.00. The molecular formula is C21H20N2O5S2. The molecule has 2 N–H and O–H groups in total. The highest BCUT2D eigenvalue weighted by Gasteiger charge is 2.20. The van der Waals surface area contributed by atoms with Crippen LogP contribution in [0.2, 0.25) is 0 Å². The second-order valence-corrected chi connectivity index (χ2v) is 9.28. The molecule has 1 amide bonds. The number of amides is 1. The molecule has 0 unspecified atom stereocenters. The summed E-state index contributed by atoms with van der Waals surface area (Å²) in [6.07, 6.45) is 0. The largest absolute Gasteiger partial charge is 0.452 e. The SMILES string of the molecule is Cc1ccc(CNC(=O)COC(=O)c2ccccc2NS(=O)(=O)c2cccs2)cc1. The summed E-state index contributed by atoms with van der Waals surface area (Å²) in [6.45, 7) is 1.81. The van der Waals surface area contributed by atoms with Crippen LogP contribution in [-0.2, 0) is 26.1 Å². The molecule has 3 rings (SSSR count). The number of ether oxygens (including phenoxy) is 1. The molecule has 30 heavy (non-hydrogen) atoms. The highest BCUT2D eigenvalue weighted by Crippen LogP contribution is 2.23. The van der Waals surface area contributed by atoms with E-state index in [9.17, 15) is 18.0 Å². The van der Waals surface area contributed by atoms with Crippen molar-refractivity contribution in [3.63, 3.8) is 0 Å². The standard InChI is InChI=1S/C21H20N2O5S2/c1-15-8-10-16(11-9-15)13-22-19(24)14-28-21(25)17-5-2-3-6-18(17)23-30(26,27)20-7-4-12-29-20/h2-12,23H,13-14H2,1H3,(H,22,24). The summed E-state index contributed by atoms with van der Waals surface area (Å²) in [4.78, 5) is 24.4. The molecule has 0 bridgehead atoms. The second kappa shape index (κ2) is 9.55. The fraction of sp³-hybridized carbons (Fsp3) is 0.143. The molecular weight excluding hydrogens is 424 g/mol. The minimum Gasteiger partial charge on any atom is -0.452 e. The summed E-state index contributed by atoms with van der Waals surface area (Å²) in [5.74, 6) is -1.26. The first kappa shape index (κ1) is 21.5. The predicted octanol–water partition coefficient (Wildman–Crippen LogP) is 3.33. The molecule has 0 atom stereocenters. The van der Waals surface area contributed by atoms with Crippen LogP contribution in [0.15, 0.2) is 70.3 Å². The van der Waals surface area contributed by atoms with Gasteiger partial charge in [-0.15, -0.1) is 11.3 Å². The van der Waals surface area contributed by atoms with Gasteiger partial charge in [-0.05, 0) is 36.1 Å². The Kier molecular flexibility index (Phi) is 6.86. The highest BCUT2D eigenvalue weighted by molar-refractivity contribution is 7.94. The van der Waals surface area contributed by atoms with Crippen LogP contribution in [0.1, 0.15) is 21.5 Å². The van der Waals surface area contributed by atoms with E-state index in [0.29, 0.717) is 6.54 Å². The van der Waals surface area contributed by atoms with Gasteiger partial charge in [0, 0.05) is 6.54 Å². The minimum absolute atomic E-state index is 0.0176. The number of benzene rings is 2. The monoisotopic (exact) mass is 444 g/mol. The highest BCUT2D eigenvalue weighted by atomic mass is 32.2. The maximum absolute atomic E-state index is 12.4. The number of hydrogen-bond acceptors (Lipinski definition) is 6. The third-order valence-electron chi connectivity index (χ3n) is 4.10. The van der Waals surface area contributed by atoms with Crippen molar-refractivity contribution in [3.8, 4) is 0 Å². The van der Waals surface area contributed by atoms with E-state index in [4.69, 9.17) is 4.74 Å². The van der Waals surface area contributed by atoms with Crippen molar-refractivity contribution in [3.05, 3.63) is 82.7 Å². The Morgan fingerprint density at radius 3 is 2.43 bits per heavy atom. The quantitative estimate of drug-likeness (QED) is 0.519. The van der Waals surface area contributed by atoms with Crippen LogP contribution in [0.4, 0.5) is 5.69 Å². The molecule has 0 spiro atoms. The molecule has 2 aromatic carbocycles. The number of rotatable bonds is 8. The number of hydrogen-bond donors (Lipinski definition) is 2. The average Bonchev–Trinajstić information content (AvgIpc) is 3.28. The number of carbonyl (C=O) groups excluding carboxylic acids is 2. The zero-order chi connectivity index (χ0) is 21.6. The van der Waals surface area contributed by atoms with Crippen LogP contribution in [0.5, 0.6) is 0 Å². The average molecular weight is 445 g/mol. The van der Waals surface area contributed by atoms with Gasteiger partial charge in [0.25, 0.3) is 15.9 Å². The van der Waals surface area contributed by atoms with E-state index < -0.39 is 28.5 Å². The summed E-state index contributed by atoms with van der Waals surface area (Å²) < 4.78 is 32.4. The predicted molar refractivity (Wildman–Crippen MR) is 115 cm³/mol. The van der Waals surface area contributed by atoms with E-state index in [2.05, 4.69) is 10.0 Å². The summed E-state index contributed by atoms with van der Waals surface area (Å²) in [5, 5.41) is 4.31. The van der Waals surface area contributed by atoms with E-state index in [1.165, 1.54) is 18.2 Å². The van der Waals surface area contributed by atoms with Crippen LogP contribution in [0.3, 0.4) is 0 Å². The smallest absolute Gasteiger partial charge is 0.340 e. The Balaban J connectivity index is 1.59. The van der Waals surface area contributed by atoms with Gasteiger partial charge in [-0.1, -0.05) is 48.0 Å². The normalized spacial score (nSPS) is 11.0. The lowest BCUT2D eigenvalue weighted by Gasteiger charge is -2.11. The van der Waals surface area contributed by atoms with E-state index in [0.717, 1.165) is 22.5 Å². The minimum atomic E-state index is -3.82. The lowest BCUT2D eigenvalue weighted by Crippen LogP contribution is -2.28. The lowest BCUT2D eigenvalue weighted by atomic mass is 10.1. The van der Waals surface area contributed by atoms with Crippen LogP contribution >= 0.6 is 11.3 Å². The summed E-state index contributed by atoms with van der Waals surface area (Å²) in [5.41, 5.74) is 2.14. The van der Waals surface area contributed by atoms with Crippen molar-refractivity contribution >= 4 is 38.9 Å². The van der Waals surface area contributed by atoms with E-state index in [1.54, 1.807) is 23.6 Å². The van der Waals surface area contributed by atoms with Crippen molar-refractivity contribution in [2.45, 2.75) is 17.7 Å². The summed E-state index contributed by atoms with van der Waals surface area (Å²) in [6, 6.07) is 16.8. The second-order valence-electron chi connectivity index (χ2n) is 6.42. The molecule has 156 valence electrons. The Labute approximate surface area is 178 Å². The zero-order valence-electron chi connectivity index (χ0n) is 16.1. The van der Waals surface area contributed by atoms with Crippen molar-refractivity contribution in [1.29, 1.82) is 0 Å². The Bertz CT molecular complexity index is 1120. The number of thiophene rings is 1. The van der Waals surface area contributed by atoms with E-state index in [-0.39, 0.29) is 15.5 Å². The zero-order valence-corrected chi connectivity index (χ0v) is 17.8. The number of anilines is 1. The molecule has 7 nitrogen and oxygen atoms in total. The third kappa shape index (κ3) is 5.68. The number of carbonyl (C=O) groups is 2. The molecule has 0 aliphatic heterocycles. The van der Waals surface area contributed by atoms with Gasteiger partial charge >= 0.3 is 5.97 Å². The van der Waals surface area contributed by atoms with Crippen molar-refractivity contribution in [2.75, 3.05) is 11.3 Å². The lowest BCUT2D eigenvalue weighted by molar-refractivity contribution is -0.124. The van der Waals surface area contributed by atoms with Crippen LogP contribution < -0.4 is 10.0 Å². The summed E-state index contributed by atoms with van der Waals surface area (Å²) >= 11 is 1.06. The molecule has 0 radical (unpaired) electrons. The van der Waals surface area contributed by atoms with Gasteiger partial charge in [0.15, 0.2) is 6.61 Å². The summed E-state index contributed by atoms with van der Waals surface area (Å²) in [7, 11) is -3.82. The van der Waals surface area contributed by atoms with Gasteiger partial charge < -0.3 is 10.1 Å². The van der Waals surface area contributed by atoms with Gasteiger partial charge in [0.2, 0.25) is 0 Å². The topological polar surface area (TPSA) is 102 Å².